The average molecular weight is 287 g/mol. The quantitative estimate of drug-likeness (QED) is 0.892. The van der Waals surface area contributed by atoms with Crippen LogP contribution >= 0.6 is 27.3 Å². The molecule has 1 atom stereocenters. The highest BCUT2D eigenvalue weighted by Crippen LogP contribution is 2.31. The molecule has 1 unspecified atom stereocenters. The Bertz CT molecular complexity index is 452. The molecule has 1 nitrogen and oxygen atoms in total. The maximum absolute atomic E-state index is 12.7. The maximum atomic E-state index is 12.7. The minimum atomic E-state index is -0.703. The van der Waals surface area contributed by atoms with Gasteiger partial charge in [0.2, 0.25) is 0 Å². The van der Waals surface area contributed by atoms with E-state index in [9.17, 15) is 9.50 Å². The second kappa shape index (κ2) is 4.43. The molecule has 1 aromatic heterocycles. The van der Waals surface area contributed by atoms with E-state index in [1.54, 1.807) is 12.1 Å². The fourth-order valence-corrected chi connectivity index (χ4v) is 2.84. The predicted molar refractivity (Wildman–Crippen MR) is 62.5 cm³/mol. The molecule has 0 saturated carbocycles. The number of halogens is 2. The van der Waals surface area contributed by atoms with Crippen molar-refractivity contribution >= 4 is 27.3 Å². The fourth-order valence-electron chi connectivity index (χ4n) is 1.31. The highest BCUT2D eigenvalue weighted by Gasteiger charge is 2.14. The zero-order valence-corrected chi connectivity index (χ0v) is 10.1. The minimum absolute atomic E-state index is 0.296. The first-order chi connectivity index (χ1) is 7.18. The van der Waals surface area contributed by atoms with Crippen LogP contribution in [0.15, 0.2) is 39.5 Å². The second-order valence-corrected chi connectivity index (χ2v) is 4.73. The summed E-state index contributed by atoms with van der Waals surface area (Å²) in [4.78, 5) is 0. The van der Waals surface area contributed by atoms with Crippen molar-refractivity contribution in [1.29, 1.82) is 0 Å². The number of aliphatic hydroxyl groups is 1. The van der Waals surface area contributed by atoms with Gasteiger partial charge in [-0.15, -0.1) is 0 Å². The molecule has 1 heterocycles. The first kappa shape index (κ1) is 10.8. The summed E-state index contributed by atoms with van der Waals surface area (Å²) in [6, 6.07) is 5.87. The minimum Gasteiger partial charge on any atom is -0.384 e. The van der Waals surface area contributed by atoms with Crippen LogP contribution in [0.25, 0.3) is 0 Å². The fraction of sp³-hybridized carbons (Fsp3) is 0.0909. The molecule has 0 fully saturated rings. The normalized spacial score (nSPS) is 12.7. The third-order valence-electron chi connectivity index (χ3n) is 2.12. The number of rotatable bonds is 2. The first-order valence-corrected chi connectivity index (χ1v) is 6.07. The van der Waals surface area contributed by atoms with E-state index in [1.807, 2.05) is 10.8 Å². The van der Waals surface area contributed by atoms with Crippen molar-refractivity contribution in [2.45, 2.75) is 6.10 Å². The van der Waals surface area contributed by atoms with Gasteiger partial charge in [0.05, 0.1) is 0 Å². The Kier molecular flexibility index (Phi) is 3.19. The number of hydrogen-bond donors (Lipinski definition) is 1. The van der Waals surface area contributed by atoms with Gasteiger partial charge in [-0.05, 0) is 39.0 Å². The van der Waals surface area contributed by atoms with Crippen molar-refractivity contribution < 1.29 is 9.50 Å². The van der Waals surface area contributed by atoms with Crippen LogP contribution in [0.1, 0.15) is 17.2 Å². The number of hydrogen-bond acceptors (Lipinski definition) is 2. The summed E-state index contributed by atoms with van der Waals surface area (Å²) < 4.78 is 13.6. The number of aliphatic hydroxyl groups excluding tert-OH is 1. The lowest BCUT2D eigenvalue weighted by Crippen LogP contribution is -1.98. The zero-order valence-electron chi connectivity index (χ0n) is 7.65. The van der Waals surface area contributed by atoms with Gasteiger partial charge in [0, 0.05) is 15.4 Å². The average Bonchev–Trinajstić information content (AvgIpc) is 2.65. The van der Waals surface area contributed by atoms with Gasteiger partial charge in [0.15, 0.2) is 0 Å². The van der Waals surface area contributed by atoms with Crippen LogP contribution in [0.3, 0.4) is 0 Å². The molecule has 0 amide bonds. The Hall–Kier alpha value is -0.710. The lowest BCUT2D eigenvalue weighted by atomic mass is 10.0. The van der Waals surface area contributed by atoms with Gasteiger partial charge < -0.3 is 5.11 Å². The summed E-state index contributed by atoms with van der Waals surface area (Å²) in [6.45, 7) is 0. The van der Waals surface area contributed by atoms with Crippen molar-refractivity contribution in [3.05, 3.63) is 56.4 Å². The van der Waals surface area contributed by atoms with Gasteiger partial charge in [0.1, 0.15) is 11.9 Å². The maximum Gasteiger partial charge on any atom is 0.123 e. The van der Waals surface area contributed by atoms with E-state index in [0.29, 0.717) is 5.56 Å². The van der Waals surface area contributed by atoms with Crippen LogP contribution < -0.4 is 0 Å². The molecule has 0 aliphatic heterocycles. The molecule has 2 aromatic rings. The van der Waals surface area contributed by atoms with Crippen LogP contribution in [0.5, 0.6) is 0 Å². The predicted octanol–water partition coefficient (Wildman–Crippen LogP) is 3.73. The van der Waals surface area contributed by atoms with E-state index in [1.165, 1.54) is 23.5 Å². The zero-order chi connectivity index (χ0) is 10.8. The molecule has 0 aliphatic rings. The third kappa shape index (κ3) is 2.27. The topological polar surface area (TPSA) is 20.2 Å². The molecule has 2 rings (SSSR count). The van der Waals surface area contributed by atoms with E-state index in [-0.39, 0.29) is 5.82 Å². The van der Waals surface area contributed by atoms with E-state index < -0.39 is 6.10 Å². The van der Waals surface area contributed by atoms with Crippen molar-refractivity contribution in [2.24, 2.45) is 0 Å². The van der Waals surface area contributed by atoms with Gasteiger partial charge in [-0.1, -0.05) is 12.1 Å². The number of benzene rings is 1. The van der Waals surface area contributed by atoms with E-state index in [2.05, 4.69) is 15.9 Å². The van der Waals surface area contributed by atoms with E-state index in [0.717, 1.165) is 10.0 Å². The summed E-state index contributed by atoms with van der Waals surface area (Å²) in [5, 5.41) is 13.8. The molecule has 4 heteroatoms. The van der Waals surface area contributed by atoms with Gasteiger partial charge >= 0.3 is 0 Å². The molecular weight excluding hydrogens is 279 g/mol. The molecule has 0 radical (unpaired) electrons. The second-order valence-electron chi connectivity index (χ2n) is 3.13. The van der Waals surface area contributed by atoms with Crippen molar-refractivity contribution in [3.8, 4) is 0 Å². The summed E-state index contributed by atoms with van der Waals surface area (Å²) in [6.07, 6.45) is -0.703. The van der Waals surface area contributed by atoms with Gasteiger partial charge in [-0.25, -0.2) is 4.39 Å². The first-order valence-electron chi connectivity index (χ1n) is 4.33. The van der Waals surface area contributed by atoms with E-state index in [4.69, 9.17) is 0 Å². The van der Waals surface area contributed by atoms with E-state index >= 15 is 0 Å². The Balaban J connectivity index is 2.32. The molecular formula is C11H8BrFOS. The summed E-state index contributed by atoms with van der Waals surface area (Å²) in [7, 11) is 0. The van der Waals surface area contributed by atoms with Gasteiger partial charge in [-0.2, -0.15) is 11.3 Å². The van der Waals surface area contributed by atoms with Crippen LogP contribution in [0.2, 0.25) is 0 Å². The Morgan fingerprint density at radius 2 is 1.87 bits per heavy atom. The van der Waals surface area contributed by atoms with Crippen LogP contribution in [-0.2, 0) is 0 Å². The van der Waals surface area contributed by atoms with Gasteiger partial charge in [0.25, 0.3) is 0 Å². The Morgan fingerprint density at radius 1 is 1.20 bits per heavy atom. The molecule has 0 aliphatic carbocycles. The molecule has 1 aromatic carbocycles. The molecule has 15 heavy (non-hydrogen) atoms. The highest BCUT2D eigenvalue weighted by atomic mass is 79.9. The standard InChI is InChI=1S/C11H8BrFOS/c12-10-6-15-5-9(10)11(14)7-1-3-8(13)4-2-7/h1-6,11,14H. The molecule has 0 spiro atoms. The molecule has 0 bridgehead atoms. The number of thiophene rings is 1. The molecule has 78 valence electrons. The lowest BCUT2D eigenvalue weighted by Gasteiger charge is -2.09. The van der Waals surface area contributed by atoms with Crippen molar-refractivity contribution in [3.63, 3.8) is 0 Å². The molecule has 0 saturated heterocycles. The summed E-state index contributed by atoms with van der Waals surface area (Å²) >= 11 is 4.87. The Labute approximate surface area is 99.3 Å². The largest absolute Gasteiger partial charge is 0.384 e. The van der Waals surface area contributed by atoms with Gasteiger partial charge in [-0.3, -0.25) is 0 Å². The summed E-state index contributed by atoms with van der Waals surface area (Å²) in [5.41, 5.74) is 1.50. The van der Waals surface area contributed by atoms with Crippen molar-refractivity contribution in [1.82, 2.24) is 0 Å². The monoisotopic (exact) mass is 286 g/mol. The SMILES string of the molecule is OC(c1ccc(F)cc1)c1cscc1Br. The van der Waals surface area contributed by atoms with Crippen molar-refractivity contribution in [2.75, 3.05) is 0 Å². The smallest absolute Gasteiger partial charge is 0.123 e. The summed E-state index contributed by atoms with van der Waals surface area (Å²) in [5.74, 6) is -0.296. The third-order valence-corrected chi connectivity index (χ3v) is 3.87. The van der Waals surface area contributed by atoms with Crippen LogP contribution in [-0.4, -0.2) is 5.11 Å². The van der Waals surface area contributed by atoms with Crippen LogP contribution in [0, 0.1) is 5.82 Å². The Morgan fingerprint density at radius 3 is 2.40 bits per heavy atom. The highest BCUT2D eigenvalue weighted by molar-refractivity contribution is 9.10. The lowest BCUT2D eigenvalue weighted by molar-refractivity contribution is 0.220. The molecule has 1 N–H and O–H groups in total. The van der Waals surface area contributed by atoms with Crippen LogP contribution in [0.4, 0.5) is 4.39 Å².